The molecule has 4 nitrogen and oxygen atoms in total. The number of aromatic nitrogens is 3. The Morgan fingerprint density at radius 2 is 2.05 bits per heavy atom. The van der Waals surface area contributed by atoms with Crippen LogP contribution in [0.3, 0.4) is 0 Å². The molecule has 0 saturated carbocycles. The standard InChI is InChI=1S/C14H16FN3O/c1-4-13-16-14(5-2)18(17-13)12-7-6-10(15)8-11(12)9(3)19/h6-8H,4-5H2,1-3H3. The highest BCUT2D eigenvalue weighted by Gasteiger charge is 2.15. The van der Waals surface area contributed by atoms with Crippen LogP contribution in [-0.2, 0) is 12.8 Å². The van der Waals surface area contributed by atoms with E-state index in [0.29, 0.717) is 17.7 Å². The molecule has 0 fully saturated rings. The molecule has 2 aromatic rings. The van der Waals surface area contributed by atoms with E-state index in [9.17, 15) is 9.18 Å². The van der Waals surface area contributed by atoms with E-state index in [1.165, 1.54) is 19.1 Å². The van der Waals surface area contributed by atoms with Crippen molar-refractivity contribution >= 4 is 5.78 Å². The minimum atomic E-state index is -0.428. The topological polar surface area (TPSA) is 47.8 Å². The highest BCUT2D eigenvalue weighted by molar-refractivity contribution is 5.97. The molecule has 0 atom stereocenters. The zero-order chi connectivity index (χ0) is 14.0. The van der Waals surface area contributed by atoms with Gasteiger partial charge >= 0.3 is 0 Å². The fourth-order valence-electron chi connectivity index (χ4n) is 1.94. The predicted molar refractivity (Wildman–Crippen MR) is 70.1 cm³/mol. The number of hydrogen-bond donors (Lipinski definition) is 0. The van der Waals surface area contributed by atoms with Gasteiger partial charge < -0.3 is 0 Å². The fraction of sp³-hybridized carbons (Fsp3) is 0.357. The maximum atomic E-state index is 13.3. The molecule has 0 N–H and O–H groups in total. The van der Waals surface area contributed by atoms with Crippen LogP contribution in [0.5, 0.6) is 0 Å². The van der Waals surface area contributed by atoms with Crippen LogP contribution in [0.1, 0.15) is 42.8 Å². The maximum absolute atomic E-state index is 13.3. The SMILES string of the molecule is CCc1nc(CC)n(-c2ccc(F)cc2C(C)=O)n1. The molecule has 5 heteroatoms. The molecule has 1 aromatic heterocycles. The van der Waals surface area contributed by atoms with Crippen LogP contribution in [0.25, 0.3) is 5.69 Å². The Bertz CT molecular complexity index is 619. The Labute approximate surface area is 111 Å². The minimum Gasteiger partial charge on any atom is -0.294 e. The molecule has 19 heavy (non-hydrogen) atoms. The lowest BCUT2D eigenvalue weighted by Gasteiger charge is -2.09. The van der Waals surface area contributed by atoms with Crippen LogP contribution in [0.15, 0.2) is 18.2 Å². The van der Waals surface area contributed by atoms with Gasteiger partial charge in [-0.25, -0.2) is 14.1 Å². The van der Waals surface area contributed by atoms with Gasteiger partial charge in [-0.05, 0) is 25.1 Å². The molecule has 0 saturated heterocycles. The smallest absolute Gasteiger partial charge is 0.162 e. The van der Waals surface area contributed by atoms with Gasteiger partial charge in [0.05, 0.1) is 5.69 Å². The van der Waals surface area contributed by atoms with E-state index in [-0.39, 0.29) is 5.78 Å². The Hall–Kier alpha value is -2.04. The van der Waals surface area contributed by atoms with Crippen molar-refractivity contribution in [2.45, 2.75) is 33.6 Å². The summed E-state index contributed by atoms with van der Waals surface area (Å²) in [6.07, 6.45) is 1.42. The van der Waals surface area contributed by atoms with Crippen LogP contribution in [0.4, 0.5) is 4.39 Å². The summed E-state index contributed by atoms with van der Waals surface area (Å²) in [5.41, 5.74) is 0.903. The predicted octanol–water partition coefficient (Wildman–Crippen LogP) is 2.73. The van der Waals surface area contributed by atoms with Crippen molar-refractivity contribution in [3.8, 4) is 5.69 Å². The summed E-state index contributed by atoms with van der Waals surface area (Å²) in [6.45, 7) is 5.36. The van der Waals surface area contributed by atoms with Crippen LogP contribution in [-0.4, -0.2) is 20.5 Å². The monoisotopic (exact) mass is 261 g/mol. The minimum absolute atomic E-state index is 0.190. The highest BCUT2D eigenvalue weighted by Crippen LogP contribution is 2.18. The molecular weight excluding hydrogens is 245 g/mol. The van der Waals surface area contributed by atoms with Crippen LogP contribution < -0.4 is 0 Å². The Morgan fingerprint density at radius 1 is 1.32 bits per heavy atom. The molecular formula is C14H16FN3O. The second-order valence-corrected chi connectivity index (χ2v) is 4.28. The quantitative estimate of drug-likeness (QED) is 0.795. The Kier molecular flexibility index (Phi) is 3.74. The summed E-state index contributed by atoms with van der Waals surface area (Å²) in [7, 11) is 0. The van der Waals surface area contributed by atoms with Gasteiger partial charge in [0.2, 0.25) is 0 Å². The van der Waals surface area contributed by atoms with E-state index in [1.807, 2.05) is 13.8 Å². The van der Waals surface area contributed by atoms with Crippen molar-refractivity contribution in [3.05, 3.63) is 41.2 Å². The number of carbonyl (C=O) groups excluding carboxylic acids is 1. The Balaban J connectivity index is 2.64. The molecule has 0 amide bonds. The largest absolute Gasteiger partial charge is 0.294 e. The van der Waals surface area contributed by atoms with Gasteiger partial charge in [0.15, 0.2) is 11.6 Å². The number of benzene rings is 1. The number of halogens is 1. The third kappa shape index (κ3) is 2.54. The zero-order valence-corrected chi connectivity index (χ0v) is 11.3. The average Bonchev–Trinajstić information content (AvgIpc) is 2.81. The number of Topliss-reactive ketones (excluding diaryl/α,β-unsaturated/α-hetero) is 1. The second kappa shape index (κ2) is 5.30. The molecule has 1 heterocycles. The summed E-state index contributed by atoms with van der Waals surface area (Å²) in [5, 5.41) is 4.37. The third-order valence-electron chi connectivity index (χ3n) is 2.92. The summed E-state index contributed by atoms with van der Waals surface area (Å²) in [4.78, 5) is 16.0. The van der Waals surface area contributed by atoms with Gasteiger partial charge in [-0.2, -0.15) is 5.10 Å². The number of rotatable bonds is 4. The van der Waals surface area contributed by atoms with Crippen molar-refractivity contribution in [3.63, 3.8) is 0 Å². The van der Waals surface area contributed by atoms with Crippen molar-refractivity contribution in [1.29, 1.82) is 0 Å². The van der Waals surface area contributed by atoms with Crippen molar-refractivity contribution in [2.75, 3.05) is 0 Å². The molecule has 1 aromatic carbocycles. The normalized spacial score (nSPS) is 10.7. The van der Waals surface area contributed by atoms with Crippen LogP contribution in [0.2, 0.25) is 0 Å². The highest BCUT2D eigenvalue weighted by atomic mass is 19.1. The molecule has 0 radical (unpaired) electrons. The average molecular weight is 261 g/mol. The zero-order valence-electron chi connectivity index (χ0n) is 11.3. The van der Waals surface area contributed by atoms with Gasteiger partial charge in [-0.3, -0.25) is 4.79 Å². The first-order valence-electron chi connectivity index (χ1n) is 6.32. The lowest BCUT2D eigenvalue weighted by atomic mass is 10.1. The summed E-state index contributed by atoms with van der Waals surface area (Å²) < 4.78 is 14.9. The molecule has 0 aliphatic heterocycles. The second-order valence-electron chi connectivity index (χ2n) is 4.28. The molecule has 2 rings (SSSR count). The fourth-order valence-corrected chi connectivity index (χ4v) is 1.94. The molecule has 100 valence electrons. The number of nitrogens with zero attached hydrogens (tertiary/aromatic N) is 3. The van der Waals surface area contributed by atoms with E-state index in [2.05, 4.69) is 10.1 Å². The first-order valence-corrected chi connectivity index (χ1v) is 6.32. The number of ketones is 1. The van der Waals surface area contributed by atoms with Crippen molar-refractivity contribution in [2.24, 2.45) is 0 Å². The van der Waals surface area contributed by atoms with Crippen molar-refractivity contribution < 1.29 is 9.18 Å². The maximum Gasteiger partial charge on any atom is 0.162 e. The number of carbonyl (C=O) groups is 1. The lowest BCUT2D eigenvalue weighted by Crippen LogP contribution is -2.08. The van der Waals surface area contributed by atoms with E-state index in [4.69, 9.17) is 0 Å². The van der Waals surface area contributed by atoms with Crippen LogP contribution in [0, 0.1) is 5.82 Å². The van der Waals surface area contributed by atoms with Crippen molar-refractivity contribution in [1.82, 2.24) is 14.8 Å². The van der Waals surface area contributed by atoms with E-state index in [0.717, 1.165) is 18.1 Å². The summed E-state index contributed by atoms with van der Waals surface area (Å²) in [6, 6.07) is 4.14. The van der Waals surface area contributed by atoms with E-state index in [1.54, 1.807) is 10.7 Å². The number of hydrogen-bond acceptors (Lipinski definition) is 3. The van der Waals surface area contributed by atoms with Gasteiger partial charge in [0.25, 0.3) is 0 Å². The summed E-state index contributed by atoms with van der Waals surface area (Å²) >= 11 is 0. The molecule has 0 aliphatic carbocycles. The number of aryl methyl sites for hydroxylation is 2. The first-order chi connectivity index (χ1) is 9.06. The van der Waals surface area contributed by atoms with E-state index < -0.39 is 5.82 Å². The van der Waals surface area contributed by atoms with E-state index >= 15 is 0 Å². The van der Waals surface area contributed by atoms with Gasteiger partial charge in [0, 0.05) is 18.4 Å². The van der Waals surface area contributed by atoms with Crippen LogP contribution >= 0.6 is 0 Å². The first kappa shape index (κ1) is 13.4. The lowest BCUT2D eigenvalue weighted by molar-refractivity contribution is 0.101. The molecule has 0 aliphatic rings. The molecule has 0 unspecified atom stereocenters. The molecule has 0 bridgehead atoms. The summed E-state index contributed by atoms with van der Waals surface area (Å²) in [5.74, 6) is 0.870. The molecule has 0 spiro atoms. The Morgan fingerprint density at radius 3 is 2.63 bits per heavy atom. The van der Waals surface area contributed by atoms with Gasteiger partial charge in [0.1, 0.15) is 11.6 Å². The van der Waals surface area contributed by atoms with Gasteiger partial charge in [-0.15, -0.1) is 0 Å². The third-order valence-corrected chi connectivity index (χ3v) is 2.92. The van der Waals surface area contributed by atoms with Gasteiger partial charge in [-0.1, -0.05) is 13.8 Å².